The van der Waals surface area contributed by atoms with E-state index in [0.29, 0.717) is 12.3 Å². The lowest BCUT2D eigenvalue weighted by atomic mass is 10.1. The second-order valence-electron chi connectivity index (χ2n) is 7.11. The summed E-state index contributed by atoms with van der Waals surface area (Å²) in [5.74, 6) is 0.888. The lowest BCUT2D eigenvalue weighted by molar-refractivity contribution is -0.138. The molecule has 0 saturated carbocycles. The second-order valence-corrected chi connectivity index (χ2v) is 9.93. The van der Waals surface area contributed by atoms with E-state index in [1.54, 1.807) is 23.6 Å². The zero-order chi connectivity index (χ0) is 21.4. The van der Waals surface area contributed by atoms with Crippen LogP contribution in [0.4, 0.5) is 0 Å². The summed E-state index contributed by atoms with van der Waals surface area (Å²) in [5, 5.41) is 2.91. The van der Waals surface area contributed by atoms with Gasteiger partial charge < -0.3 is 10.2 Å². The molecule has 0 spiro atoms. The maximum absolute atomic E-state index is 13.0. The van der Waals surface area contributed by atoms with E-state index in [1.165, 1.54) is 0 Å². The van der Waals surface area contributed by atoms with Crippen molar-refractivity contribution >= 4 is 55.4 Å². The second kappa shape index (κ2) is 11.8. The van der Waals surface area contributed by atoms with Gasteiger partial charge in [-0.25, -0.2) is 0 Å². The number of hydrogen-bond acceptors (Lipinski definition) is 3. The molecule has 0 radical (unpaired) electrons. The van der Waals surface area contributed by atoms with Gasteiger partial charge in [-0.15, -0.1) is 11.8 Å². The zero-order valence-corrected chi connectivity index (χ0v) is 20.8. The summed E-state index contributed by atoms with van der Waals surface area (Å²) in [6.07, 6.45) is 0. The largest absolute Gasteiger partial charge is 0.352 e. The van der Waals surface area contributed by atoms with E-state index < -0.39 is 6.04 Å². The molecular formula is C22H26Br2N2O2S. The van der Waals surface area contributed by atoms with Crippen LogP contribution in [-0.2, 0) is 21.9 Å². The maximum atomic E-state index is 13.0. The molecule has 2 aromatic rings. The third kappa shape index (κ3) is 8.15. The number of carbonyl (C=O) groups is 2. The summed E-state index contributed by atoms with van der Waals surface area (Å²) < 4.78 is 1.99. The van der Waals surface area contributed by atoms with Gasteiger partial charge in [0, 0.05) is 27.3 Å². The fourth-order valence-corrected chi connectivity index (χ4v) is 4.32. The summed E-state index contributed by atoms with van der Waals surface area (Å²) in [4.78, 5) is 27.2. The first-order chi connectivity index (χ1) is 13.8. The van der Waals surface area contributed by atoms with Gasteiger partial charge in [-0.1, -0.05) is 56.1 Å². The molecule has 29 heavy (non-hydrogen) atoms. The molecule has 0 heterocycles. The monoisotopic (exact) mass is 540 g/mol. The van der Waals surface area contributed by atoms with Crippen molar-refractivity contribution in [2.45, 2.75) is 45.2 Å². The van der Waals surface area contributed by atoms with Gasteiger partial charge in [0.1, 0.15) is 6.04 Å². The summed E-state index contributed by atoms with van der Waals surface area (Å²) in [6.45, 7) is 6.01. The van der Waals surface area contributed by atoms with Crippen molar-refractivity contribution in [2.75, 3.05) is 5.75 Å². The third-order valence-electron chi connectivity index (χ3n) is 4.25. The van der Waals surface area contributed by atoms with Gasteiger partial charge in [-0.3, -0.25) is 9.59 Å². The Morgan fingerprint density at radius 1 is 1.00 bits per heavy atom. The molecule has 4 nitrogen and oxygen atoms in total. The molecule has 2 aromatic carbocycles. The number of nitrogens with one attached hydrogen (secondary N) is 1. The van der Waals surface area contributed by atoms with Crippen LogP contribution in [0, 0.1) is 0 Å². The Bertz CT molecular complexity index is 828. The first-order valence-corrected chi connectivity index (χ1v) is 12.2. The molecule has 0 fully saturated rings. The molecule has 2 rings (SSSR count). The quantitative estimate of drug-likeness (QED) is 0.463. The Kier molecular flexibility index (Phi) is 9.72. The van der Waals surface area contributed by atoms with Crippen LogP contribution in [0.5, 0.6) is 0 Å². The third-order valence-corrected chi connectivity index (χ3v) is 6.26. The Balaban J connectivity index is 2.06. The Morgan fingerprint density at radius 3 is 2.31 bits per heavy atom. The van der Waals surface area contributed by atoms with Crippen LogP contribution < -0.4 is 5.32 Å². The van der Waals surface area contributed by atoms with Crippen molar-refractivity contribution in [3.8, 4) is 0 Å². The molecule has 0 aliphatic rings. The number of amides is 2. The normalized spacial score (nSPS) is 11.9. The molecule has 1 atom stereocenters. The molecule has 0 saturated heterocycles. The summed E-state index contributed by atoms with van der Waals surface area (Å²) in [5.41, 5.74) is 2.14. The molecule has 0 unspecified atom stereocenters. The summed E-state index contributed by atoms with van der Waals surface area (Å²) in [6, 6.07) is 15.4. The highest BCUT2D eigenvalue weighted by Crippen LogP contribution is 2.19. The number of carbonyl (C=O) groups excluding carboxylic acids is 2. The van der Waals surface area contributed by atoms with Gasteiger partial charge in [0.25, 0.3) is 0 Å². The first-order valence-electron chi connectivity index (χ1n) is 9.42. The Hall–Kier alpha value is -1.31. The maximum Gasteiger partial charge on any atom is 0.242 e. The molecule has 156 valence electrons. The van der Waals surface area contributed by atoms with Crippen molar-refractivity contribution in [3.63, 3.8) is 0 Å². The van der Waals surface area contributed by atoms with E-state index in [2.05, 4.69) is 37.2 Å². The molecule has 1 N–H and O–H groups in total. The lowest BCUT2D eigenvalue weighted by Gasteiger charge is -2.29. The van der Waals surface area contributed by atoms with Crippen molar-refractivity contribution in [1.82, 2.24) is 10.2 Å². The highest BCUT2D eigenvalue weighted by Gasteiger charge is 2.26. The molecule has 0 aliphatic heterocycles. The number of halogens is 2. The SMILES string of the molecule is CC(C)NC(=O)[C@@H](C)N(Cc1cccc(Br)c1)C(=O)CSCc1ccc(Br)cc1. The van der Waals surface area contributed by atoms with Gasteiger partial charge in [0.05, 0.1) is 5.75 Å². The predicted molar refractivity (Wildman–Crippen MR) is 128 cm³/mol. The smallest absolute Gasteiger partial charge is 0.242 e. The first kappa shape index (κ1) is 24.0. The van der Waals surface area contributed by atoms with Crippen LogP contribution >= 0.6 is 43.6 Å². The minimum Gasteiger partial charge on any atom is -0.352 e. The number of hydrogen-bond donors (Lipinski definition) is 1. The van der Waals surface area contributed by atoms with E-state index in [4.69, 9.17) is 0 Å². The standard InChI is InChI=1S/C22H26Br2N2O2S/c1-15(2)25-22(28)16(3)26(12-18-5-4-6-20(24)11-18)21(27)14-29-13-17-7-9-19(23)10-8-17/h4-11,15-16H,12-14H2,1-3H3,(H,25,28)/t16-/m1/s1. The van der Waals surface area contributed by atoms with Crippen LogP contribution in [0.1, 0.15) is 31.9 Å². The molecular weight excluding hydrogens is 516 g/mol. The highest BCUT2D eigenvalue weighted by atomic mass is 79.9. The molecule has 0 bridgehead atoms. The molecule has 2 amide bonds. The number of thioether (sulfide) groups is 1. The average molecular weight is 542 g/mol. The van der Waals surface area contributed by atoms with Crippen molar-refractivity contribution in [2.24, 2.45) is 0 Å². The van der Waals surface area contributed by atoms with Gasteiger partial charge in [0.2, 0.25) is 11.8 Å². The van der Waals surface area contributed by atoms with E-state index >= 15 is 0 Å². The fraction of sp³-hybridized carbons (Fsp3) is 0.364. The predicted octanol–water partition coefficient (Wildman–Crippen LogP) is 5.39. The van der Waals surface area contributed by atoms with Crippen molar-refractivity contribution in [1.29, 1.82) is 0 Å². The topological polar surface area (TPSA) is 49.4 Å². The highest BCUT2D eigenvalue weighted by molar-refractivity contribution is 9.10. The van der Waals surface area contributed by atoms with Crippen LogP contribution in [0.2, 0.25) is 0 Å². The average Bonchev–Trinajstić information content (AvgIpc) is 2.66. The fourth-order valence-electron chi connectivity index (χ4n) is 2.74. The lowest BCUT2D eigenvalue weighted by Crippen LogP contribution is -2.49. The minimum atomic E-state index is -0.544. The minimum absolute atomic E-state index is 0.0274. The van der Waals surface area contributed by atoms with Gasteiger partial charge in [-0.2, -0.15) is 0 Å². The number of nitrogens with zero attached hydrogens (tertiary/aromatic N) is 1. The van der Waals surface area contributed by atoms with Crippen LogP contribution in [0.3, 0.4) is 0 Å². The van der Waals surface area contributed by atoms with Gasteiger partial charge >= 0.3 is 0 Å². The zero-order valence-electron chi connectivity index (χ0n) is 16.8. The Morgan fingerprint density at radius 2 is 1.69 bits per heavy atom. The molecule has 7 heteroatoms. The number of benzene rings is 2. The van der Waals surface area contributed by atoms with Crippen molar-refractivity contribution in [3.05, 3.63) is 68.6 Å². The summed E-state index contributed by atoms with van der Waals surface area (Å²) >= 11 is 8.46. The van der Waals surface area contributed by atoms with E-state index in [9.17, 15) is 9.59 Å². The van der Waals surface area contributed by atoms with Gasteiger partial charge in [-0.05, 0) is 56.2 Å². The summed E-state index contributed by atoms with van der Waals surface area (Å²) in [7, 11) is 0. The molecule has 0 aliphatic carbocycles. The Labute approximate surface area is 194 Å². The van der Waals surface area contributed by atoms with Crippen molar-refractivity contribution < 1.29 is 9.59 Å². The van der Waals surface area contributed by atoms with Gasteiger partial charge in [0.15, 0.2) is 0 Å². The van der Waals surface area contributed by atoms with E-state index in [1.807, 2.05) is 62.4 Å². The van der Waals surface area contributed by atoms with E-state index in [-0.39, 0.29) is 17.9 Å². The van der Waals surface area contributed by atoms with Crippen LogP contribution in [0.15, 0.2) is 57.5 Å². The van der Waals surface area contributed by atoms with Crippen LogP contribution in [0.25, 0.3) is 0 Å². The number of rotatable bonds is 9. The molecule has 0 aromatic heterocycles. The van der Waals surface area contributed by atoms with E-state index in [0.717, 1.165) is 25.8 Å². The van der Waals surface area contributed by atoms with Crippen LogP contribution in [-0.4, -0.2) is 34.6 Å².